The van der Waals surface area contributed by atoms with E-state index in [0.29, 0.717) is 0 Å². The van der Waals surface area contributed by atoms with Crippen molar-refractivity contribution in [2.75, 3.05) is 0 Å². The molecule has 18 atom stereocenters. The highest BCUT2D eigenvalue weighted by molar-refractivity contribution is 5.49. The van der Waals surface area contributed by atoms with Crippen molar-refractivity contribution in [2.45, 2.75) is 199 Å². The average Bonchev–Trinajstić information content (AvgIpc) is 3.42. The first-order chi connectivity index (χ1) is 33.7. The maximum atomic E-state index is 2.80. The molecule has 7 saturated carbocycles. The third-order valence-electron chi connectivity index (χ3n) is 24.0. The molecule has 13 aliphatic carbocycles. The van der Waals surface area contributed by atoms with Gasteiger partial charge in [-0.2, -0.15) is 0 Å². The molecule has 18 unspecified atom stereocenters. The van der Waals surface area contributed by atoms with Crippen LogP contribution in [0.1, 0.15) is 199 Å². The molecule has 68 heavy (non-hydrogen) atoms. The second kappa shape index (κ2) is 20.3. The van der Waals surface area contributed by atoms with E-state index >= 15 is 0 Å². The Bertz CT molecular complexity index is 2080. The fourth-order valence-electron chi connectivity index (χ4n) is 21.7. The minimum Gasteiger partial charge on any atom is -0.0885 e. The fraction of sp³-hybridized carbons (Fsp3) is 0.735. The molecule has 0 aliphatic heterocycles. The van der Waals surface area contributed by atoms with Gasteiger partial charge in [0.1, 0.15) is 0 Å². The lowest BCUT2D eigenvalue weighted by Crippen LogP contribution is -2.60. The van der Waals surface area contributed by atoms with Crippen LogP contribution in [0.25, 0.3) is 0 Å². The van der Waals surface area contributed by atoms with Crippen LogP contribution in [0.15, 0.2) is 107 Å². The van der Waals surface area contributed by atoms with Crippen molar-refractivity contribution in [1.82, 2.24) is 0 Å². The van der Waals surface area contributed by atoms with E-state index in [4.69, 9.17) is 0 Å². The number of allylic oxidation sites excluding steroid dienone is 18. The second-order valence-electron chi connectivity index (χ2n) is 26.9. The van der Waals surface area contributed by atoms with E-state index in [-0.39, 0.29) is 0 Å². The first-order valence-electron chi connectivity index (χ1n) is 30.9. The molecule has 366 valence electrons. The van der Waals surface area contributed by atoms with Gasteiger partial charge in [0.2, 0.25) is 0 Å². The van der Waals surface area contributed by atoms with Crippen molar-refractivity contribution in [3.8, 4) is 0 Å². The highest BCUT2D eigenvalue weighted by atomic mass is 14.7. The van der Waals surface area contributed by atoms with Crippen LogP contribution in [-0.2, 0) is 0 Å². The zero-order valence-electron chi connectivity index (χ0n) is 42.9. The summed E-state index contributed by atoms with van der Waals surface area (Å²) >= 11 is 0. The van der Waals surface area contributed by atoms with Crippen LogP contribution in [0, 0.1) is 112 Å². The summed E-state index contributed by atoms with van der Waals surface area (Å²) in [4.78, 5) is 0. The minimum atomic E-state index is 0.798. The van der Waals surface area contributed by atoms with Crippen LogP contribution >= 0.6 is 0 Å². The monoisotopic (exact) mass is 911 g/mol. The third-order valence-corrected chi connectivity index (χ3v) is 24.0. The van der Waals surface area contributed by atoms with Crippen LogP contribution in [-0.4, -0.2) is 0 Å². The van der Waals surface area contributed by atoms with Gasteiger partial charge in [-0.05, 0) is 296 Å². The Hall–Kier alpha value is -2.34. The normalized spacial score (nSPS) is 46.0. The predicted octanol–water partition coefficient (Wildman–Crippen LogP) is 18.8. The van der Waals surface area contributed by atoms with Gasteiger partial charge in [-0.3, -0.25) is 0 Å². The first-order valence-corrected chi connectivity index (χ1v) is 30.9. The Morgan fingerprint density at radius 1 is 0.368 bits per heavy atom. The van der Waals surface area contributed by atoms with Crippen LogP contribution < -0.4 is 0 Å². The van der Waals surface area contributed by atoms with Gasteiger partial charge in [0.05, 0.1) is 0 Å². The molecular weight excluding hydrogens is 817 g/mol. The Balaban J connectivity index is 0.910. The molecule has 13 aliphatic rings. The molecule has 0 spiro atoms. The van der Waals surface area contributed by atoms with Gasteiger partial charge in [0.25, 0.3) is 0 Å². The van der Waals surface area contributed by atoms with Gasteiger partial charge in [-0.15, -0.1) is 0 Å². The smallest absolute Gasteiger partial charge is 0.0139 e. The van der Waals surface area contributed by atoms with Gasteiger partial charge in [0, 0.05) is 0 Å². The Morgan fingerprint density at radius 2 is 1.04 bits per heavy atom. The SMILES string of the molecule is C1=CCCC(C2=C(C3CC4CC(C5=C(C6CCCCC6)CCC=C5)CC5C6CC(C7CCCCC7C7CC=CCC7)CC7CC(C8CCC=CC8C8C=CCCC8)CC(C(C3)C45)C76)CCC=C2)=C1. The molecule has 13 rings (SSSR count). The van der Waals surface area contributed by atoms with Crippen LogP contribution in [0.3, 0.4) is 0 Å². The Kier molecular flexibility index (Phi) is 13.6. The Morgan fingerprint density at radius 3 is 1.81 bits per heavy atom. The summed E-state index contributed by atoms with van der Waals surface area (Å²) in [6.45, 7) is 0. The van der Waals surface area contributed by atoms with Gasteiger partial charge >= 0.3 is 0 Å². The molecule has 0 radical (unpaired) electrons. The van der Waals surface area contributed by atoms with Crippen molar-refractivity contribution in [3.05, 3.63) is 107 Å². The highest BCUT2D eigenvalue weighted by Gasteiger charge is 2.63. The fourth-order valence-corrected chi connectivity index (χ4v) is 21.7. The summed E-state index contributed by atoms with van der Waals surface area (Å²) in [5, 5.41) is 0. The predicted molar refractivity (Wildman–Crippen MR) is 286 cm³/mol. The molecule has 0 amide bonds. The summed E-state index contributed by atoms with van der Waals surface area (Å²) in [5.74, 6) is 17.8. The number of rotatable bonds is 8. The van der Waals surface area contributed by atoms with Crippen molar-refractivity contribution in [2.24, 2.45) is 112 Å². The van der Waals surface area contributed by atoms with Crippen molar-refractivity contribution in [1.29, 1.82) is 0 Å². The van der Waals surface area contributed by atoms with E-state index < -0.39 is 0 Å². The van der Waals surface area contributed by atoms with Gasteiger partial charge in [-0.25, -0.2) is 0 Å². The average molecular weight is 911 g/mol. The lowest BCUT2D eigenvalue weighted by Gasteiger charge is -2.67. The van der Waals surface area contributed by atoms with E-state index in [1.54, 1.807) is 62.5 Å². The maximum Gasteiger partial charge on any atom is -0.0139 e. The minimum absolute atomic E-state index is 0.798. The Labute approximate surface area is 416 Å². The van der Waals surface area contributed by atoms with Crippen LogP contribution in [0.4, 0.5) is 0 Å². The topological polar surface area (TPSA) is 0 Å². The van der Waals surface area contributed by atoms with E-state index in [1.165, 1.54) is 148 Å². The third kappa shape index (κ3) is 8.68. The quantitative estimate of drug-likeness (QED) is 0.213. The molecule has 0 N–H and O–H groups in total. The van der Waals surface area contributed by atoms with Crippen molar-refractivity contribution < 1.29 is 0 Å². The standard InChI is InChI=1S/C68H94/c1-5-21-45(22-6-1)55-29-13-17-33-59(55)49-37-53-38-50(60-34-18-14-30-56(60)46-23-7-2-8-24-46)43-65-66-44-52(62-36-20-16-32-58(62)48-27-11-4-12-28-48)40-54-39-51(42-64(68(54)66)63(41-49)67(53)65)61-35-19-15-31-57(61)47-25-9-3-10-26-47/h1,4-5,7,11,14,16,19,23,27,30,32,35,45-47,49-56,59-60,63-68H,2-3,6,8-10,12-13,15,17-18,20-22,24-26,28-29,31,33-34,36-44H2. The molecule has 0 bridgehead atoms. The molecule has 0 saturated heterocycles. The zero-order chi connectivity index (χ0) is 45.0. The molecule has 0 aromatic heterocycles. The summed E-state index contributed by atoms with van der Waals surface area (Å²) in [6.07, 6.45) is 79.1. The molecule has 0 heteroatoms. The van der Waals surface area contributed by atoms with E-state index in [0.717, 1.165) is 112 Å². The molecule has 7 fully saturated rings. The number of hydrogen-bond donors (Lipinski definition) is 0. The van der Waals surface area contributed by atoms with Crippen LogP contribution in [0.5, 0.6) is 0 Å². The molecule has 0 heterocycles. The molecular formula is C68H94. The zero-order valence-corrected chi connectivity index (χ0v) is 42.9. The lowest BCUT2D eigenvalue weighted by molar-refractivity contribution is -0.176. The summed E-state index contributed by atoms with van der Waals surface area (Å²) < 4.78 is 0. The van der Waals surface area contributed by atoms with E-state index in [9.17, 15) is 0 Å². The second-order valence-corrected chi connectivity index (χ2v) is 26.9. The van der Waals surface area contributed by atoms with Gasteiger partial charge in [0.15, 0.2) is 0 Å². The largest absolute Gasteiger partial charge is 0.0885 e. The highest BCUT2D eigenvalue weighted by Crippen LogP contribution is 2.70. The van der Waals surface area contributed by atoms with E-state index in [1.807, 2.05) is 16.7 Å². The van der Waals surface area contributed by atoms with Gasteiger partial charge in [-0.1, -0.05) is 122 Å². The van der Waals surface area contributed by atoms with E-state index in [2.05, 4.69) is 79.0 Å². The van der Waals surface area contributed by atoms with Crippen molar-refractivity contribution >= 4 is 0 Å². The van der Waals surface area contributed by atoms with Crippen LogP contribution in [0.2, 0.25) is 0 Å². The number of fused-ring (bicyclic) bond motifs is 2. The van der Waals surface area contributed by atoms with Crippen molar-refractivity contribution in [3.63, 3.8) is 0 Å². The number of hydrogen-bond acceptors (Lipinski definition) is 0. The molecule has 0 nitrogen and oxygen atoms in total. The molecule has 0 aromatic rings. The first kappa shape index (κ1) is 45.5. The summed E-state index contributed by atoms with van der Waals surface area (Å²) in [5.41, 5.74) is 9.24. The summed E-state index contributed by atoms with van der Waals surface area (Å²) in [7, 11) is 0. The summed E-state index contributed by atoms with van der Waals surface area (Å²) in [6, 6.07) is 0. The molecule has 0 aromatic carbocycles. The lowest BCUT2D eigenvalue weighted by atomic mass is 9.38. The maximum absolute atomic E-state index is 2.80. The van der Waals surface area contributed by atoms with Gasteiger partial charge < -0.3 is 0 Å².